The fourth-order valence-corrected chi connectivity index (χ4v) is 3.15. The highest BCUT2D eigenvalue weighted by atomic mass is 16.1. The van der Waals surface area contributed by atoms with Crippen LogP contribution in [0.3, 0.4) is 0 Å². The molecule has 0 aliphatic heterocycles. The molecule has 0 aromatic heterocycles. The molecule has 0 aliphatic carbocycles. The SMILES string of the molecule is C=C(CN(C)Cc1ccccc1)C(=O)/C(=C/c1ccccc1)c1ccccc1. The molecule has 0 amide bonds. The average Bonchev–Trinajstić information content (AvgIpc) is 2.73. The zero-order valence-electron chi connectivity index (χ0n) is 16.2. The van der Waals surface area contributed by atoms with E-state index in [2.05, 4.69) is 23.6 Å². The van der Waals surface area contributed by atoms with Crippen LogP contribution in [0.1, 0.15) is 16.7 Å². The van der Waals surface area contributed by atoms with Crippen molar-refractivity contribution in [3.63, 3.8) is 0 Å². The minimum absolute atomic E-state index is 0.0186. The lowest BCUT2D eigenvalue weighted by atomic mass is 9.95. The van der Waals surface area contributed by atoms with Gasteiger partial charge in [0.15, 0.2) is 5.78 Å². The molecular weight excluding hydrogens is 342 g/mol. The number of hydrogen-bond donors (Lipinski definition) is 0. The van der Waals surface area contributed by atoms with Gasteiger partial charge >= 0.3 is 0 Å². The molecule has 0 spiro atoms. The van der Waals surface area contributed by atoms with Gasteiger partial charge in [0, 0.05) is 24.2 Å². The van der Waals surface area contributed by atoms with E-state index < -0.39 is 0 Å². The Balaban J connectivity index is 1.79. The highest BCUT2D eigenvalue weighted by Crippen LogP contribution is 2.22. The van der Waals surface area contributed by atoms with Crippen molar-refractivity contribution in [1.29, 1.82) is 0 Å². The van der Waals surface area contributed by atoms with Gasteiger partial charge in [-0.25, -0.2) is 0 Å². The summed E-state index contributed by atoms with van der Waals surface area (Å²) in [6.07, 6.45) is 1.94. The van der Waals surface area contributed by atoms with Gasteiger partial charge in [0.05, 0.1) is 0 Å². The Morgan fingerprint density at radius 2 is 1.39 bits per heavy atom. The van der Waals surface area contributed by atoms with Gasteiger partial charge in [-0.05, 0) is 29.8 Å². The number of ketones is 1. The Hall–Kier alpha value is -3.23. The molecule has 0 saturated heterocycles. The third-order valence-electron chi connectivity index (χ3n) is 4.52. The van der Waals surface area contributed by atoms with Crippen LogP contribution in [0.4, 0.5) is 0 Å². The molecule has 3 aromatic rings. The van der Waals surface area contributed by atoms with Crippen LogP contribution in [-0.4, -0.2) is 24.3 Å². The summed E-state index contributed by atoms with van der Waals surface area (Å²) in [6, 6.07) is 29.9. The highest BCUT2D eigenvalue weighted by Gasteiger charge is 2.17. The van der Waals surface area contributed by atoms with Gasteiger partial charge < -0.3 is 0 Å². The summed E-state index contributed by atoms with van der Waals surface area (Å²) in [5, 5.41) is 0. The van der Waals surface area contributed by atoms with Gasteiger partial charge in [-0.3, -0.25) is 9.69 Å². The second-order valence-electron chi connectivity index (χ2n) is 6.93. The van der Waals surface area contributed by atoms with Crippen molar-refractivity contribution in [3.05, 3.63) is 120 Å². The first-order chi connectivity index (χ1) is 13.6. The van der Waals surface area contributed by atoms with Crippen molar-refractivity contribution in [2.24, 2.45) is 0 Å². The normalized spacial score (nSPS) is 11.4. The Morgan fingerprint density at radius 1 is 0.857 bits per heavy atom. The third kappa shape index (κ3) is 5.38. The van der Waals surface area contributed by atoms with E-state index in [0.717, 1.165) is 17.7 Å². The molecule has 140 valence electrons. The minimum Gasteiger partial charge on any atom is -0.298 e. The van der Waals surface area contributed by atoms with E-state index in [1.54, 1.807) is 0 Å². The number of allylic oxidation sites excluding steroid dienone is 1. The molecule has 2 heteroatoms. The number of likely N-dealkylation sites (N-methyl/N-ethyl adjacent to an activating group) is 1. The zero-order chi connectivity index (χ0) is 19.8. The van der Waals surface area contributed by atoms with Gasteiger partial charge in [0.2, 0.25) is 0 Å². The van der Waals surface area contributed by atoms with Crippen LogP contribution in [0.2, 0.25) is 0 Å². The molecule has 2 nitrogen and oxygen atoms in total. The largest absolute Gasteiger partial charge is 0.298 e. The summed E-state index contributed by atoms with van der Waals surface area (Å²) in [6.45, 7) is 5.39. The summed E-state index contributed by atoms with van der Waals surface area (Å²) in [5.74, 6) is -0.0186. The summed E-state index contributed by atoms with van der Waals surface area (Å²) in [4.78, 5) is 15.4. The van der Waals surface area contributed by atoms with E-state index in [0.29, 0.717) is 17.7 Å². The number of nitrogens with zero attached hydrogens (tertiary/aromatic N) is 1. The average molecular weight is 367 g/mol. The molecule has 0 radical (unpaired) electrons. The highest BCUT2D eigenvalue weighted by molar-refractivity contribution is 6.32. The summed E-state index contributed by atoms with van der Waals surface area (Å²) < 4.78 is 0. The van der Waals surface area contributed by atoms with Crippen LogP contribution in [0.25, 0.3) is 11.6 Å². The van der Waals surface area contributed by atoms with E-state index in [1.807, 2.05) is 92.0 Å². The lowest BCUT2D eigenvalue weighted by Crippen LogP contribution is -2.23. The van der Waals surface area contributed by atoms with Crippen molar-refractivity contribution >= 4 is 17.4 Å². The molecule has 0 unspecified atom stereocenters. The molecule has 3 rings (SSSR count). The van der Waals surface area contributed by atoms with Crippen LogP contribution >= 0.6 is 0 Å². The van der Waals surface area contributed by atoms with Crippen molar-refractivity contribution in [2.75, 3.05) is 13.6 Å². The van der Waals surface area contributed by atoms with E-state index in [4.69, 9.17) is 0 Å². The summed E-state index contributed by atoms with van der Waals surface area (Å²) in [5.41, 5.74) is 4.38. The van der Waals surface area contributed by atoms with Crippen LogP contribution in [-0.2, 0) is 11.3 Å². The Morgan fingerprint density at radius 3 is 2.00 bits per heavy atom. The van der Waals surface area contributed by atoms with Gasteiger partial charge in [-0.2, -0.15) is 0 Å². The lowest BCUT2D eigenvalue weighted by molar-refractivity contribution is -0.110. The second-order valence-corrected chi connectivity index (χ2v) is 6.93. The molecule has 0 bridgehead atoms. The standard InChI is InChI=1S/C26H25NO/c1-21(19-27(2)20-23-14-8-4-9-15-23)26(28)25(24-16-10-5-11-17-24)18-22-12-6-3-7-13-22/h3-18H,1,19-20H2,2H3/b25-18+. The first-order valence-electron chi connectivity index (χ1n) is 9.40. The first kappa shape index (κ1) is 19.5. The molecule has 0 aliphatic rings. The Bertz CT molecular complexity index is 943. The van der Waals surface area contributed by atoms with Crippen LogP contribution in [0.5, 0.6) is 0 Å². The van der Waals surface area contributed by atoms with Crippen molar-refractivity contribution in [2.45, 2.75) is 6.54 Å². The number of hydrogen-bond acceptors (Lipinski definition) is 2. The van der Waals surface area contributed by atoms with Crippen molar-refractivity contribution in [3.8, 4) is 0 Å². The van der Waals surface area contributed by atoms with Gasteiger partial charge in [-0.15, -0.1) is 0 Å². The monoisotopic (exact) mass is 367 g/mol. The maximum Gasteiger partial charge on any atom is 0.190 e. The van der Waals surface area contributed by atoms with E-state index in [9.17, 15) is 4.79 Å². The third-order valence-corrected chi connectivity index (χ3v) is 4.52. The van der Waals surface area contributed by atoms with Crippen LogP contribution < -0.4 is 0 Å². The number of benzene rings is 3. The van der Waals surface area contributed by atoms with E-state index >= 15 is 0 Å². The smallest absolute Gasteiger partial charge is 0.190 e. The van der Waals surface area contributed by atoms with Crippen LogP contribution in [0, 0.1) is 0 Å². The topological polar surface area (TPSA) is 20.3 Å². The molecule has 0 N–H and O–H groups in total. The van der Waals surface area contributed by atoms with E-state index in [-0.39, 0.29) is 5.78 Å². The number of carbonyl (C=O) groups excluding carboxylic acids is 1. The predicted octanol–water partition coefficient (Wildman–Crippen LogP) is 5.48. The number of carbonyl (C=O) groups is 1. The number of Topliss-reactive ketones (excluding diaryl/α,β-unsaturated/α-hetero) is 1. The summed E-state index contributed by atoms with van der Waals surface area (Å²) in [7, 11) is 2.01. The minimum atomic E-state index is -0.0186. The van der Waals surface area contributed by atoms with E-state index in [1.165, 1.54) is 5.56 Å². The molecular formula is C26H25NO. The quantitative estimate of drug-likeness (QED) is 0.388. The lowest BCUT2D eigenvalue weighted by Gasteiger charge is -2.18. The zero-order valence-corrected chi connectivity index (χ0v) is 16.2. The molecule has 3 aromatic carbocycles. The summed E-state index contributed by atoms with van der Waals surface area (Å²) >= 11 is 0. The fourth-order valence-electron chi connectivity index (χ4n) is 3.15. The maximum absolute atomic E-state index is 13.2. The molecule has 28 heavy (non-hydrogen) atoms. The van der Waals surface area contributed by atoms with Gasteiger partial charge in [0.25, 0.3) is 0 Å². The number of rotatable bonds is 8. The first-order valence-corrected chi connectivity index (χ1v) is 9.40. The molecule has 0 atom stereocenters. The molecule has 0 saturated carbocycles. The van der Waals surface area contributed by atoms with Crippen LogP contribution in [0.15, 0.2) is 103 Å². The predicted molar refractivity (Wildman–Crippen MR) is 118 cm³/mol. The Kier molecular flexibility index (Phi) is 6.72. The van der Waals surface area contributed by atoms with Crippen molar-refractivity contribution < 1.29 is 4.79 Å². The molecule has 0 fully saturated rings. The molecule has 0 heterocycles. The van der Waals surface area contributed by atoms with Gasteiger partial charge in [-0.1, -0.05) is 97.6 Å². The second kappa shape index (κ2) is 9.63. The maximum atomic E-state index is 13.2. The fraction of sp³-hybridized carbons (Fsp3) is 0.115. The van der Waals surface area contributed by atoms with Gasteiger partial charge in [0.1, 0.15) is 0 Å². The Labute approximate surface area is 167 Å². The van der Waals surface area contributed by atoms with Crippen molar-refractivity contribution in [1.82, 2.24) is 4.90 Å².